The minimum absolute atomic E-state index is 0.373. The van der Waals surface area contributed by atoms with Gasteiger partial charge in [-0.3, -0.25) is 4.79 Å². The van der Waals surface area contributed by atoms with Crippen molar-refractivity contribution in [3.05, 3.63) is 105 Å². The number of carbonyl (C=O) groups excluding carboxylic acids is 1. The molecular weight excluding hydrogens is 554 g/mol. The van der Waals surface area contributed by atoms with E-state index in [4.69, 9.17) is 4.74 Å². The first-order valence-electron chi connectivity index (χ1n) is 13.1. The van der Waals surface area contributed by atoms with Crippen molar-refractivity contribution in [1.82, 2.24) is 4.98 Å². The van der Waals surface area contributed by atoms with Gasteiger partial charge in [0.15, 0.2) is 0 Å². The van der Waals surface area contributed by atoms with Gasteiger partial charge < -0.3 is 9.72 Å². The number of hydrogen-bond donors (Lipinski definition) is 1. The topological polar surface area (TPSA) is 42.1 Å². The van der Waals surface area contributed by atoms with Crippen molar-refractivity contribution in [1.29, 1.82) is 0 Å². The molecule has 1 aliphatic rings. The summed E-state index contributed by atoms with van der Waals surface area (Å²) in [5.74, 6) is 0.485. The molecule has 188 valence electrons. The zero-order valence-corrected chi connectivity index (χ0v) is 23.2. The number of fused-ring (bicyclic) bond motifs is 6. The van der Waals surface area contributed by atoms with Gasteiger partial charge in [0.25, 0.3) is 6.47 Å². The Hall–Kier alpha value is -3.41. The van der Waals surface area contributed by atoms with Crippen LogP contribution in [0.25, 0.3) is 42.9 Å². The number of halogens is 1. The molecule has 1 unspecified atom stereocenters. The standard InChI is InChI=1S/C33H26BrNO2S/c34-24-15-23(11-13-37-19-36)32-30(17-24)31(18-35-32)33-26(12-14-38-33)22-6-5-21-8-9-27-25-4-2-1-3-20(25)7-10-28(27)29(21)16-22/h1-4,7-10,12,14-15,17-19,22,35H,5-6,11,13,16H2. The van der Waals surface area contributed by atoms with E-state index in [2.05, 4.69) is 99.2 Å². The van der Waals surface area contributed by atoms with Crippen LogP contribution in [0.4, 0.5) is 0 Å². The van der Waals surface area contributed by atoms with Gasteiger partial charge >= 0.3 is 0 Å². The lowest BCUT2D eigenvalue weighted by Crippen LogP contribution is -2.13. The van der Waals surface area contributed by atoms with Crippen molar-refractivity contribution in [2.45, 2.75) is 31.6 Å². The third-order valence-corrected chi connectivity index (χ3v) is 9.54. The first kappa shape index (κ1) is 23.7. The third-order valence-electron chi connectivity index (χ3n) is 8.12. The monoisotopic (exact) mass is 579 g/mol. The Morgan fingerprint density at radius 2 is 1.89 bits per heavy atom. The van der Waals surface area contributed by atoms with Crippen LogP contribution in [0.15, 0.2) is 82.8 Å². The number of aromatic amines is 1. The minimum Gasteiger partial charge on any atom is -0.468 e. The predicted molar refractivity (Wildman–Crippen MR) is 161 cm³/mol. The van der Waals surface area contributed by atoms with Crippen molar-refractivity contribution in [2.24, 2.45) is 0 Å². The number of hydrogen-bond acceptors (Lipinski definition) is 3. The van der Waals surface area contributed by atoms with Gasteiger partial charge in [0.2, 0.25) is 0 Å². The van der Waals surface area contributed by atoms with Crippen LogP contribution in [-0.4, -0.2) is 18.1 Å². The van der Waals surface area contributed by atoms with E-state index in [0.717, 1.165) is 34.8 Å². The lowest BCUT2D eigenvalue weighted by molar-refractivity contribution is -0.128. The molecule has 1 atom stereocenters. The molecule has 0 fully saturated rings. The van der Waals surface area contributed by atoms with Crippen LogP contribution in [-0.2, 0) is 28.8 Å². The number of H-pyrrole nitrogens is 1. The van der Waals surface area contributed by atoms with E-state index in [1.165, 1.54) is 54.1 Å². The summed E-state index contributed by atoms with van der Waals surface area (Å²) in [7, 11) is 0. The summed E-state index contributed by atoms with van der Waals surface area (Å²) in [5.41, 5.74) is 7.97. The maximum absolute atomic E-state index is 10.6. The molecule has 6 aromatic rings. The maximum Gasteiger partial charge on any atom is 0.293 e. The normalized spacial score (nSPS) is 15.2. The summed E-state index contributed by atoms with van der Waals surface area (Å²) in [6.07, 6.45) is 6.16. The Labute approximate surface area is 233 Å². The van der Waals surface area contributed by atoms with Crippen molar-refractivity contribution < 1.29 is 9.53 Å². The van der Waals surface area contributed by atoms with Gasteiger partial charge in [-0.2, -0.15) is 0 Å². The quantitative estimate of drug-likeness (QED) is 0.121. The lowest BCUT2D eigenvalue weighted by Gasteiger charge is -2.27. The van der Waals surface area contributed by atoms with Crippen LogP contribution in [0.2, 0.25) is 0 Å². The molecule has 7 rings (SSSR count). The van der Waals surface area contributed by atoms with E-state index < -0.39 is 0 Å². The SMILES string of the molecule is O=COCCc1cc(Br)cc2c(-c3sccc3C3CCc4ccc5c(ccc6ccccc65)c4C3)c[nH]c12. The van der Waals surface area contributed by atoms with Crippen molar-refractivity contribution >= 4 is 66.2 Å². The van der Waals surface area contributed by atoms with Crippen LogP contribution < -0.4 is 0 Å². The fraction of sp³-hybridized carbons (Fsp3) is 0.182. The highest BCUT2D eigenvalue weighted by Gasteiger charge is 2.26. The molecule has 0 bridgehead atoms. The highest BCUT2D eigenvalue weighted by atomic mass is 79.9. The van der Waals surface area contributed by atoms with Crippen LogP contribution in [0.1, 0.15) is 34.6 Å². The Bertz CT molecular complexity index is 1830. The summed E-state index contributed by atoms with van der Waals surface area (Å²) in [6.45, 7) is 0.889. The molecule has 38 heavy (non-hydrogen) atoms. The van der Waals surface area contributed by atoms with E-state index in [9.17, 15) is 4.79 Å². The van der Waals surface area contributed by atoms with E-state index >= 15 is 0 Å². The molecule has 0 aliphatic heterocycles. The van der Waals surface area contributed by atoms with Gasteiger partial charge in [-0.1, -0.05) is 64.5 Å². The van der Waals surface area contributed by atoms with E-state index in [0.29, 0.717) is 25.4 Å². The molecule has 5 heteroatoms. The molecule has 2 heterocycles. The second-order valence-corrected chi connectivity index (χ2v) is 12.0. The second-order valence-electron chi connectivity index (χ2n) is 10.1. The van der Waals surface area contributed by atoms with Gasteiger partial charge in [0.1, 0.15) is 0 Å². The molecule has 1 aliphatic carbocycles. The minimum atomic E-state index is 0.373. The number of aromatic nitrogens is 1. The van der Waals surface area contributed by atoms with E-state index in [1.807, 2.05) is 11.3 Å². The molecule has 0 radical (unpaired) electrons. The number of carbonyl (C=O) groups is 1. The first-order valence-corrected chi connectivity index (χ1v) is 14.7. The number of rotatable bonds is 6. The van der Waals surface area contributed by atoms with Gasteiger partial charge in [-0.15, -0.1) is 11.3 Å². The zero-order chi connectivity index (χ0) is 25.6. The Morgan fingerprint density at radius 1 is 1.00 bits per heavy atom. The van der Waals surface area contributed by atoms with E-state index in [-0.39, 0.29) is 0 Å². The van der Waals surface area contributed by atoms with Crippen LogP contribution >= 0.6 is 27.3 Å². The molecule has 0 saturated carbocycles. The summed E-state index contributed by atoms with van der Waals surface area (Å²) >= 11 is 5.54. The van der Waals surface area contributed by atoms with Gasteiger partial charge in [0, 0.05) is 38.4 Å². The first-order chi connectivity index (χ1) is 18.7. The zero-order valence-electron chi connectivity index (χ0n) is 20.8. The smallest absolute Gasteiger partial charge is 0.293 e. The van der Waals surface area contributed by atoms with Gasteiger partial charge in [-0.05, 0) is 92.6 Å². The van der Waals surface area contributed by atoms with Crippen molar-refractivity contribution in [2.75, 3.05) is 6.61 Å². The molecule has 0 saturated heterocycles. The largest absolute Gasteiger partial charge is 0.468 e. The number of nitrogens with one attached hydrogen (secondary N) is 1. The molecule has 0 amide bonds. The summed E-state index contributed by atoms with van der Waals surface area (Å²) in [4.78, 5) is 15.5. The molecule has 3 nitrogen and oxygen atoms in total. The molecular formula is C33H26BrNO2S. The van der Waals surface area contributed by atoms with Crippen LogP contribution in [0.5, 0.6) is 0 Å². The second kappa shape index (κ2) is 9.72. The number of thiophene rings is 1. The Kier molecular flexibility index (Phi) is 6.06. The number of benzene rings is 4. The van der Waals surface area contributed by atoms with Crippen molar-refractivity contribution in [3.63, 3.8) is 0 Å². The third kappa shape index (κ3) is 3.96. The van der Waals surface area contributed by atoms with Gasteiger partial charge in [-0.25, -0.2) is 0 Å². The summed E-state index contributed by atoms with van der Waals surface area (Å²) in [5, 5.41) is 8.85. The van der Waals surface area contributed by atoms with E-state index in [1.54, 1.807) is 0 Å². The molecule has 4 aromatic carbocycles. The highest BCUT2D eigenvalue weighted by Crippen LogP contribution is 2.45. The lowest BCUT2D eigenvalue weighted by atomic mass is 9.77. The summed E-state index contributed by atoms with van der Waals surface area (Å²) in [6, 6.07) is 24.7. The maximum atomic E-state index is 10.6. The van der Waals surface area contributed by atoms with Crippen LogP contribution in [0, 0.1) is 0 Å². The summed E-state index contributed by atoms with van der Waals surface area (Å²) < 4.78 is 6.02. The van der Waals surface area contributed by atoms with Crippen molar-refractivity contribution in [3.8, 4) is 10.4 Å². The fourth-order valence-corrected chi connectivity index (χ4v) is 7.87. The molecule has 1 N–H and O–H groups in total. The van der Waals surface area contributed by atoms with Crippen LogP contribution in [0.3, 0.4) is 0 Å². The average molecular weight is 581 g/mol. The van der Waals surface area contributed by atoms with Gasteiger partial charge in [0.05, 0.1) is 6.61 Å². The number of aryl methyl sites for hydroxylation is 1. The average Bonchev–Trinajstić information content (AvgIpc) is 3.59. The molecule has 2 aromatic heterocycles. The predicted octanol–water partition coefficient (Wildman–Crippen LogP) is 8.95. The Balaban J connectivity index is 1.28. The molecule has 0 spiro atoms. The number of ether oxygens (including phenoxy) is 1. The fourth-order valence-electron chi connectivity index (χ4n) is 6.34. The Morgan fingerprint density at radius 3 is 2.82 bits per heavy atom. The highest BCUT2D eigenvalue weighted by molar-refractivity contribution is 9.10.